The van der Waals surface area contributed by atoms with Gasteiger partial charge < -0.3 is 9.84 Å². The van der Waals surface area contributed by atoms with Gasteiger partial charge in [0, 0.05) is 0 Å². The van der Waals surface area contributed by atoms with Crippen molar-refractivity contribution in [2.45, 2.75) is 26.4 Å². The molecular weight excluding hydrogens is 236 g/mol. The summed E-state index contributed by atoms with van der Waals surface area (Å²) in [7, 11) is 0. The Kier molecular flexibility index (Phi) is 4.58. The van der Waals surface area contributed by atoms with Crippen molar-refractivity contribution >= 4 is 0 Å². The van der Waals surface area contributed by atoms with E-state index in [2.05, 4.69) is 19.1 Å². The molecule has 0 saturated carbocycles. The number of benzene rings is 2. The third-order valence-electron chi connectivity index (χ3n) is 3.05. The molecule has 2 aromatic rings. The van der Waals surface area contributed by atoms with Gasteiger partial charge in [-0.1, -0.05) is 43.3 Å². The van der Waals surface area contributed by atoms with Crippen LogP contribution in [0.15, 0.2) is 48.5 Å². The number of aliphatic hydroxyl groups is 1. The summed E-state index contributed by atoms with van der Waals surface area (Å²) in [6, 6.07) is 16.1. The molecule has 0 aliphatic rings. The molecular formula is C17H20O2. The second kappa shape index (κ2) is 6.39. The number of hydrogen-bond acceptors (Lipinski definition) is 2. The minimum absolute atomic E-state index is 0.418. The zero-order chi connectivity index (χ0) is 13.7. The first-order chi connectivity index (χ1) is 9.20. The van der Waals surface area contributed by atoms with Crippen LogP contribution in [-0.4, -0.2) is 11.7 Å². The highest BCUT2D eigenvalue weighted by molar-refractivity contribution is 5.64. The molecule has 0 spiro atoms. The van der Waals surface area contributed by atoms with Gasteiger partial charge in [-0.15, -0.1) is 0 Å². The van der Waals surface area contributed by atoms with Crippen molar-refractivity contribution < 1.29 is 9.84 Å². The van der Waals surface area contributed by atoms with Gasteiger partial charge in [-0.2, -0.15) is 0 Å². The monoisotopic (exact) mass is 256 g/mol. The van der Waals surface area contributed by atoms with E-state index in [-0.39, 0.29) is 0 Å². The standard InChI is InChI=1S/C17H20O2/c1-3-12-19-17-10-8-16(9-11-17)15-6-4-14(5-7-15)13(2)18/h4-11,13,18H,3,12H2,1-2H3. The molecule has 1 N–H and O–H groups in total. The molecule has 0 heterocycles. The second-order valence-corrected chi connectivity index (χ2v) is 4.67. The van der Waals surface area contributed by atoms with E-state index in [1.165, 1.54) is 0 Å². The number of ether oxygens (including phenoxy) is 1. The van der Waals surface area contributed by atoms with Gasteiger partial charge in [-0.25, -0.2) is 0 Å². The quantitative estimate of drug-likeness (QED) is 0.869. The number of hydrogen-bond donors (Lipinski definition) is 1. The summed E-state index contributed by atoms with van der Waals surface area (Å²) in [4.78, 5) is 0. The lowest BCUT2D eigenvalue weighted by molar-refractivity contribution is 0.199. The normalized spacial score (nSPS) is 12.2. The lowest BCUT2D eigenvalue weighted by Gasteiger charge is -2.08. The minimum atomic E-state index is -0.418. The van der Waals surface area contributed by atoms with Gasteiger partial charge >= 0.3 is 0 Å². The summed E-state index contributed by atoms with van der Waals surface area (Å²) in [6.45, 7) is 4.62. The smallest absolute Gasteiger partial charge is 0.119 e. The molecule has 0 aliphatic heterocycles. The van der Waals surface area contributed by atoms with E-state index in [1.807, 2.05) is 36.4 Å². The summed E-state index contributed by atoms with van der Waals surface area (Å²) in [5.41, 5.74) is 3.24. The predicted molar refractivity (Wildman–Crippen MR) is 78.3 cm³/mol. The molecule has 0 aliphatic carbocycles. The Balaban J connectivity index is 2.13. The van der Waals surface area contributed by atoms with Crippen molar-refractivity contribution in [2.24, 2.45) is 0 Å². The van der Waals surface area contributed by atoms with Crippen LogP contribution in [0.25, 0.3) is 11.1 Å². The molecule has 2 heteroatoms. The lowest BCUT2D eigenvalue weighted by Crippen LogP contribution is -1.94. The van der Waals surface area contributed by atoms with Gasteiger partial charge in [-0.3, -0.25) is 0 Å². The van der Waals surface area contributed by atoms with Crippen LogP contribution in [0.4, 0.5) is 0 Å². The SMILES string of the molecule is CCCOc1ccc(-c2ccc(C(C)O)cc2)cc1. The zero-order valence-corrected chi connectivity index (χ0v) is 11.5. The van der Waals surface area contributed by atoms with Gasteiger partial charge in [-0.05, 0) is 42.2 Å². The average Bonchev–Trinajstić information content (AvgIpc) is 2.46. The van der Waals surface area contributed by atoms with E-state index in [9.17, 15) is 5.11 Å². The maximum Gasteiger partial charge on any atom is 0.119 e. The molecule has 2 aromatic carbocycles. The number of aliphatic hydroxyl groups excluding tert-OH is 1. The summed E-state index contributed by atoms with van der Waals surface area (Å²) < 4.78 is 5.56. The van der Waals surface area contributed by atoms with E-state index in [1.54, 1.807) is 6.92 Å². The molecule has 0 fully saturated rings. The Hall–Kier alpha value is -1.80. The molecule has 0 radical (unpaired) electrons. The van der Waals surface area contributed by atoms with E-state index in [0.717, 1.165) is 35.5 Å². The Labute approximate surface area is 114 Å². The topological polar surface area (TPSA) is 29.5 Å². The van der Waals surface area contributed by atoms with Crippen molar-refractivity contribution in [3.05, 3.63) is 54.1 Å². The minimum Gasteiger partial charge on any atom is -0.494 e. The van der Waals surface area contributed by atoms with Gasteiger partial charge in [0.1, 0.15) is 5.75 Å². The summed E-state index contributed by atoms with van der Waals surface area (Å²) >= 11 is 0. The molecule has 0 aromatic heterocycles. The molecule has 0 amide bonds. The Bertz CT molecular complexity index is 498. The zero-order valence-electron chi connectivity index (χ0n) is 11.5. The first-order valence-corrected chi connectivity index (χ1v) is 6.72. The van der Waals surface area contributed by atoms with Gasteiger partial charge in [0.25, 0.3) is 0 Å². The van der Waals surface area contributed by atoms with Crippen LogP contribution in [0, 0.1) is 0 Å². The molecule has 0 bridgehead atoms. The maximum atomic E-state index is 9.49. The van der Waals surface area contributed by atoms with E-state index >= 15 is 0 Å². The van der Waals surface area contributed by atoms with Crippen molar-refractivity contribution in [2.75, 3.05) is 6.61 Å². The van der Waals surface area contributed by atoms with Crippen LogP contribution in [-0.2, 0) is 0 Å². The third kappa shape index (κ3) is 3.58. The molecule has 100 valence electrons. The Morgan fingerprint density at radius 1 is 0.947 bits per heavy atom. The van der Waals surface area contributed by atoms with E-state index in [4.69, 9.17) is 4.74 Å². The van der Waals surface area contributed by atoms with Crippen LogP contribution < -0.4 is 4.74 Å². The highest BCUT2D eigenvalue weighted by atomic mass is 16.5. The highest BCUT2D eigenvalue weighted by Gasteiger charge is 2.02. The van der Waals surface area contributed by atoms with Crippen LogP contribution >= 0.6 is 0 Å². The fraction of sp³-hybridized carbons (Fsp3) is 0.294. The van der Waals surface area contributed by atoms with Crippen LogP contribution in [0.2, 0.25) is 0 Å². The molecule has 0 saturated heterocycles. The summed E-state index contributed by atoms with van der Waals surface area (Å²) in [5.74, 6) is 0.909. The lowest BCUT2D eigenvalue weighted by atomic mass is 10.0. The van der Waals surface area contributed by atoms with Gasteiger partial charge in [0.05, 0.1) is 12.7 Å². The third-order valence-corrected chi connectivity index (χ3v) is 3.05. The molecule has 1 unspecified atom stereocenters. The van der Waals surface area contributed by atoms with Crippen molar-refractivity contribution in [1.82, 2.24) is 0 Å². The van der Waals surface area contributed by atoms with Crippen LogP contribution in [0.1, 0.15) is 31.9 Å². The highest BCUT2D eigenvalue weighted by Crippen LogP contribution is 2.24. The molecule has 19 heavy (non-hydrogen) atoms. The van der Waals surface area contributed by atoms with Crippen LogP contribution in [0.3, 0.4) is 0 Å². The van der Waals surface area contributed by atoms with Crippen molar-refractivity contribution in [3.8, 4) is 16.9 Å². The average molecular weight is 256 g/mol. The molecule has 1 atom stereocenters. The van der Waals surface area contributed by atoms with Gasteiger partial charge in [0.2, 0.25) is 0 Å². The first-order valence-electron chi connectivity index (χ1n) is 6.72. The number of rotatable bonds is 5. The molecule has 2 rings (SSSR count). The van der Waals surface area contributed by atoms with Crippen molar-refractivity contribution in [1.29, 1.82) is 0 Å². The van der Waals surface area contributed by atoms with E-state index < -0.39 is 6.10 Å². The molecule has 2 nitrogen and oxygen atoms in total. The Morgan fingerprint density at radius 2 is 1.47 bits per heavy atom. The summed E-state index contributed by atoms with van der Waals surface area (Å²) in [6.07, 6.45) is 0.599. The van der Waals surface area contributed by atoms with Gasteiger partial charge in [0.15, 0.2) is 0 Å². The van der Waals surface area contributed by atoms with Crippen LogP contribution in [0.5, 0.6) is 5.75 Å². The van der Waals surface area contributed by atoms with Crippen molar-refractivity contribution in [3.63, 3.8) is 0 Å². The fourth-order valence-electron chi connectivity index (χ4n) is 1.92. The first kappa shape index (κ1) is 13.6. The second-order valence-electron chi connectivity index (χ2n) is 4.67. The maximum absolute atomic E-state index is 9.49. The van der Waals surface area contributed by atoms with E-state index in [0.29, 0.717) is 0 Å². The Morgan fingerprint density at radius 3 is 1.95 bits per heavy atom. The predicted octanol–water partition coefficient (Wildman–Crippen LogP) is 4.20. The largest absolute Gasteiger partial charge is 0.494 e. The summed E-state index contributed by atoms with van der Waals surface area (Å²) in [5, 5.41) is 9.49. The fourth-order valence-corrected chi connectivity index (χ4v) is 1.92.